The molecule has 0 atom stereocenters. The molecular formula is C21H19FN2O2. The Bertz CT molecular complexity index is 969. The molecule has 3 aromatic rings. The highest BCUT2D eigenvalue weighted by Crippen LogP contribution is 2.16. The third kappa shape index (κ3) is 4.25. The monoisotopic (exact) mass is 350 g/mol. The molecule has 0 bridgehead atoms. The summed E-state index contributed by atoms with van der Waals surface area (Å²) in [5.41, 5.74) is 1.77. The number of fused-ring (bicyclic) bond motifs is 1. The number of carbonyl (C=O) groups is 2. The van der Waals surface area contributed by atoms with E-state index >= 15 is 0 Å². The Kier molecular flexibility index (Phi) is 5.27. The van der Waals surface area contributed by atoms with E-state index in [0.717, 1.165) is 10.8 Å². The molecule has 0 aromatic heterocycles. The third-order valence-electron chi connectivity index (χ3n) is 4.11. The van der Waals surface area contributed by atoms with Crippen LogP contribution in [0.25, 0.3) is 10.8 Å². The van der Waals surface area contributed by atoms with Gasteiger partial charge in [0, 0.05) is 24.2 Å². The van der Waals surface area contributed by atoms with Crippen LogP contribution in [0.4, 0.5) is 10.1 Å². The first-order valence-corrected chi connectivity index (χ1v) is 8.36. The maximum atomic E-state index is 13.1. The van der Waals surface area contributed by atoms with E-state index in [1.807, 2.05) is 36.4 Å². The number of amides is 2. The molecule has 132 valence electrons. The number of rotatable bonds is 5. The summed E-state index contributed by atoms with van der Waals surface area (Å²) >= 11 is 0. The molecule has 3 rings (SSSR count). The summed E-state index contributed by atoms with van der Waals surface area (Å²) in [5.74, 6) is -0.803. The van der Waals surface area contributed by atoms with Crippen LogP contribution in [-0.4, -0.2) is 18.4 Å². The lowest BCUT2D eigenvalue weighted by molar-refractivity contribution is -0.116. The van der Waals surface area contributed by atoms with E-state index in [9.17, 15) is 14.0 Å². The number of hydrogen-bond acceptors (Lipinski definition) is 2. The van der Waals surface area contributed by atoms with Crippen LogP contribution in [-0.2, 0) is 4.79 Å². The molecule has 0 unspecified atom stereocenters. The summed E-state index contributed by atoms with van der Waals surface area (Å²) in [6, 6.07) is 17.5. The quantitative estimate of drug-likeness (QED) is 0.729. The van der Waals surface area contributed by atoms with Crippen LogP contribution < -0.4 is 10.6 Å². The molecule has 0 aliphatic carbocycles. The van der Waals surface area contributed by atoms with E-state index in [1.54, 1.807) is 13.0 Å². The van der Waals surface area contributed by atoms with E-state index in [0.29, 0.717) is 16.8 Å². The lowest BCUT2D eigenvalue weighted by Crippen LogP contribution is -2.27. The first-order valence-electron chi connectivity index (χ1n) is 8.36. The van der Waals surface area contributed by atoms with Crippen molar-refractivity contribution in [2.75, 3.05) is 11.9 Å². The average Bonchev–Trinajstić information content (AvgIpc) is 2.63. The molecular weight excluding hydrogens is 331 g/mol. The minimum Gasteiger partial charge on any atom is -0.352 e. The van der Waals surface area contributed by atoms with Crippen molar-refractivity contribution in [3.8, 4) is 0 Å². The number of benzene rings is 3. The van der Waals surface area contributed by atoms with E-state index in [-0.39, 0.29) is 30.6 Å². The molecule has 2 N–H and O–H groups in total. The summed E-state index contributed by atoms with van der Waals surface area (Å²) in [4.78, 5) is 24.2. The van der Waals surface area contributed by atoms with E-state index in [1.165, 1.54) is 18.2 Å². The van der Waals surface area contributed by atoms with Gasteiger partial charge in [0.2, 0.25) is 5.91 Å². The molecule has 3 aromatic carbocycles. The van der Waals surface area contributed by atoms with Crippen LogP contribution in [0.1, 0.15) is 22.3 Å². The molecule has 0 radical (unpaired) electrons. The topological polar surface area (TPSA) is 58.2 Å². The molecule has 2 amide bonds. The lowest BCUT2D eigenvalue weighted by Gasteiger charge is -2.09. The number of anilines is 1. The van der Waals surface area contributed by atoms with Crippen molar-refractivity contribution in [3.63, 3.8) is 0 Å². The highest BCUT2D eigenvalue weighted by molar-refractivity contribution is 5.99. The zero-order chi connectivity index (χ0) is 18.5. The third-order valence-corrected chi connectivity index (χ3v) is 4.11. The Morgan fingerprint density at radius 3 is 2.50 bits per heavy atom. The number of nitrogens with one attached hydrogen (secondary N) is 2. The fourth-order valence-corrected chi connectivity index (χ4v) is 2.70. The average molecular weight is 350 g/mol. The van der Waals surface area contributed by atoms with Crippen LogP contribution in [0, 0.1) is 12.7 Å². The largest absolute Gasteiger partial charge is 0.352 e. The maximum Gasteiger partial charge on any atom is 0.251 e. The van der Waals surface area contributed by atoms with Gasteiger partial charge in [-0.15, -0.1) is 0 Å². The minimum atomic E-state index is -0.344. The van der Waals surface area contributed by atoms with Crippen molar-refractivity contribution in [2.45, 2.75) is 13.3 Å². The predicted octanol–water partition coefficient (Wildman–Crippen LogP) is 4.05. The molecule has 0 spiro atoms. The van der Waals surface area contributed by atoms with Crippen molar-refractivity contribution >= 4 is 28.3 Å². The maximum absolute atomic E-state index is 13.1. The molecule has 26 heavy (non-hydrogen) atoms. The SMILES string of the molecule is Cc1cc(F)ccc1NC(=O)CCNC(=O)c1ccc2ccccc2c1. The van der Waals surface area contributed by atoms with Gasteiger partial charge in [0.05, 0.1) is 0 Å². The Balaban J connectivity index is 1.53. The normalized spacial score (nSPS) is 10.5. The van der Waals surface area contributed by atoms with Crippen molar-refractivity contribution in [1.82, 2.24) is 5.32 Å². The Labute approximate surface area is 151 Å². The van der Waals surface area contributed by atoms with Crippen LogP contribution >= 0.6 is 0 Å². The fourth-order valence-electron chi connectivity index (χ4n) is 2.70. The molecule has 0 aliphatic heterocycles. The zero-order valence-electron chi connectivity index (χ0n) is 14.4. The standard InChI is InChI=1S/C21H19FN2O2/c1-14-12-18(22)8-9-19(14)24-20(25)10-11-23-21(26)17-7-6-15-4-2-3-5-16(15)13-17/h2-9,12-13H,10-11H2,1H3,(H,23,26)(H,24,25). The second-order valence-corrected chi connectivity index (χ2v) is 6.08. The summed E-state index contributed by atoms with van der Waals surface area (Å²) in [6.45, 7) is 1.94. The van der Waals surface area contributed by atoms with Crippen LogP contribution in [0.5, 0.6) is 0 Å². The molecule has 5 heteroatoms. The van der Waals surface area contributed by atoms with Crippen LogP contribution in [0.3, 0.4) is 0 Å². The van der Waals surface area contributed by atoms with E-state index in [2.05, 4.69) is 10.6 Å². The highest BCUT2D eigenvalue weighted by atomic mass is 19.1. The van der Waals surface area contributed by atoms with Crippen molar-refractivity contribution in [1.29, 1.82) is 0 Å². The number of halogens is 1. The first kappa shape index (κ1) is 17.6. The van der Waals surface area contributed by atoms with Crippen molar-refractivity contribution in [3.05, 3.63) is 77.6 Å². The van der Waals surface area contributed by atoms with E-state index in [4.69, 9.17) is 0 Å². The van der Waals surface area contributed by atoms with Crippen molar-refractivity contribution in [2.24, 2.45) is 0 Å². The first-order chi connectivity index (χ1) is 12.5. The Hall–Kier alpha value is -3.21. The molecule has 0 fully saturated rings. The van der Waals surface area contributed by atoms with Gasteiger partial charge < -0.3 is 10.6 Å². The number of hydrogen-bond donors (Lipinski definition) is 2. The second kappa shape index (κ2) is 7.78. The zero-order valence-corrected chi connectivity index (χ0v) is 14.4. The Morgan fingerprint density at radius 2 is 1.73 bits per heavy atom. The van der Waals surface area contributed by atoms with Gasteiger partial charge in [0.1, 0.15) is 5.82 Å². The van der Waals surface area contributed by atoms with Crippen molar-refractivity contribution < 1.29 is 14.0 Å². The number of carbonyl (C=O) groups excluding carboxylic acids is 2. The fraction of sp³-hybridized carbons (Fsp3) is 0.143. The molecule has 0 heterocycles. The summed E-state index contributed by atoms with van der Waals surface area (Å²) in [6.07, 6.45) is 0.135. The lowest BCUT2D eigenvalue weighted by atomic mass is 10.1. The molecule has 4 nitrogen and oxygen atoms in total. The van der Waals surface area contributed by atoms with Gasteiger partial charge in [0.15, 0.2) is 0 Å². The van der Waals surface area contributed by atoms with E-state index < -0.39 is 0 Å². The van der Waals surface area contributed by atoms with Gasteiger partial charge in [-0.25, -0.2) is 4.39 Å². The Morgan fingerprint density at radius 1 is 0.962 bits per heavy atom. The summed E-state index contributed by atoms with van der Waals surface area (Å²) in [5, 5.41) is 7.52. The molecule has 0 aliphatic rings. The van der Waals surface area contributed by atoms with Crippen LogP contribution in [0.15, 0.2) is 60.7 Å². The van der Waals surface area contributed by atoms with Crippen LogP contribution in [0.2, 0.25) is 0 Å². The van der Waals surface area contributed by atoms with Gasteiger partial charge >= 0.3 is 0 Å². The second-order valence-electron chi connectivity index (χ2n) is 6.08. The van der Waals surface area contributed by atoms with Gasteiger partial charge in [-0.1, -0.05) is 30.3 Å². The summed E-state index contributed by atoms with van der Waals surface area (Å²) in [7, 11) is 0. The molecule has 0 saturated carbocycles. The minimum absolute atomic E-state index is 0.135. The van der Waals surface area contributed by atoms with Gasteiger partial charge in [0.25, 0.3) is 5.91 Å². The number of aryl methyl sites for hydroxylation is 1. The molecule has 0 saturated heterocycles. The van der Waals surface area contributed by atoms with Gasteiger partial charge in [-0.05, 0) is 53.6 Å². The smallest absolute Gasteiger partial charge is 0.251 e. The highest BCUT2D eigenvalue weighted by Gasteiger charge is 2.09. The van der Waals surface area contributed by atoms with Gasteiger partial charge in [-0.2, -0.15) is 0 Å². The predicted molar refractivity (Wildman–Crippen MR) is 101 cm³/mol. The van der Waals surface area contributed by atoms with Gasteiger partial charge in [-0.3, -0.25) is 9.59 Å². The summed E-state index contributed by atoms with van der Waals surface area (Å²) < 4.78 is 13.1.